The van der Waals surface area contributed by atoms with Crippen LogP contribution in [0.4, 0.5) is 13.6 Å². The van der Waals surface area contributed by atoms with Crippen LogP contribution in [-0.2, 0) is 9.47 Å². The number of alkyl halides is 2. The van der Waals surface area contributed by atoms with Crippen LogP contribution in [-0.4, -0.2) is 50.0 Å². The molecule has 0 aromatic heterocycles. The molecule has 2 N–H and O–H groups in total. The molecule has 0 fully saturated rings. The molecule has 0 saturated carbocycles. The number of carbonyl (C=O) groups excluding carboxylic acids is 1. The molecular formula is C14H28F2N2O3. The largest absolute Gasteiger partial charge is 0.444 e. The fraction of sp³-hybridized carbons (Fsp3) is 0.929. The van der Waals surface area contributed by atoms with Gasteiger partial charge in [0.2, 0.25) is 0 Å². The van der Waals surface area contributed by atoms with Gasteiger partial charge in [-0.05, 0) is 47.6 Å². The summed E-state index contributed by atoms with van der Waals surface area (Å²) in [5, 5.41) is 4.74. The molecule has 0 aliphatic heterocycles. The quantitative estimate of drug-likeness (QED) is 0.677. The van der Waals surface area contributed by atoms with Crippen molar-refractivity contribution in [1.29, 1.82) is 0 Å². The Morgan fingerprint density at radius 1 is 1.10 bits per heavy atom. The van der Waals surface area contributed by atoms with Gasteiger partial charge in [0.15, 0.2) is 0 Å². The molecule has 0 radical (unpaired) electrons. The first-order valence-corrected chi connectivity index (χ1v) is 6.97. The van der Waals surface area contributed by atoms with Crippen LogP contribution in [0.25, 0.3) is 0 Å². The minimum atomic E-state index is -3.03. The lowest BCUT2D eigenvalue weighted by molar-refractivity contribution is -0.00850. The second-order valence-corrected chi connectivity index (χ2v) is 6.60. The molecule has 0 heterocycles. The Morgan fingerprint density at radius 2 is 1.67 bits per heavy atom. The SMILES string of the molecule is COC(C)(C)CCNCC(F)(F)CNC(=O)OC(C)(C)C. The Kier molecular flexibility index (Phi) is 7.53. The van der Waals surface area contributed by atoms with E-state index in [1.165, 1.54) is 0 Å². The standard InChI is InChI=1S/C14H28F2N2O3/c1-12(2,3)21-11(19)18-10-14(15,16)9-17-8-7-13(4,5)20-6/h17H,7-10H2,1-6H3,(H,18,19). The molecule has 0 saturated heterocycles. The van der Waals surface area contributed by atoms with Gasteiger partial charge in [0.1, 0.15) is 5.60 Å². The molecule has 0 spiro atoms. The number of methoxy groups -OCH3 is 1. The maximum Gasteiger partial charge on any atom is 0.407 e. The highest BCUT2D eigenvalue weighted by Crippen LogP contribution is 2.14. The molecule has 0 aliphatic rings. The first kappa shape index (κ1) is 20.1. The maximum atomic E-state index is 13.6. The molecule has 0 bridgehead atoms. The van der Waals surface area contributed by atoms with E-state index in [2.05, 4.69) is 10.6 Å². The monoisotopic (exact) mass is 310 g/mol. The van der Waals surface area contributed by atoms with Gasteiger partial charge in [-0.1, -0.05) is 0 Å². The van der Waals surface area contributed by atoms with Gasteiger partial charge in [0.25, 0.3) is 5.92 Å². The summed E-state index contributed by atoms with van der Waals surface area (Å²) in [6, 6.07) is 0. The van der Waals surface area contributed by atoms with Crippen LogP contribution in [0.5, 0.6) is 0 Å². The van der Waals surface area contributed by atoms with Gasteiger partial charge in [-0.15, -0.1) is 0 Å². The van der Waals surface area contributed by atoms with Crippen molar-refractivity contribution in [1.82, 2.24) is 10.6 Å². The average Bonchev–Trinajstić information content (AvgIpc) is 2.31. The van der Waals surface area contributed by atoms with Crippen LogP contribution in [0.15, 0.2) is 0 Å². The summed E-state index contributed by atoms with van der Waals surface area (Å²) in [6.07, 6.45) is -0.235. The number of halogens is 2. The Bertz CT molecular complexity index is 329. The van der Waals surface area contributed by atoms with E-state index >= 15 is 0 Å². The zero-order valence-corrected chi connectivity index (χ0v) is 13.8. The number of rotatable bonds is 8. The van der Waals surface area contributed by atoms with Crippen LogP contribution in [0.1, 0.15) is 41.0 Å². The lowest BCUT2D eigenvalue weighted by atomic mass is 10.1. The Labute approximate surface area is 125 Å². The van der Waals surface area contributed by atoms with E-state index in [0.29, 0.717) is 13.0 Å². The molecule has 5 nitrogen and oxygen atoms in total. The maximum absolute atomic E-state index is 13.6. The van der Waals surface area contributed by atoms with Gasteiger partial charge in [-0.25, -0.2) is 13.6 Å². The number of alkyl carbamates (subject to hydrolysis) is 1. The summed E-state index contributed by atoms with van der Waals surface area (Å²) >= 11 is 0. The van der Waals surface area contributed by atoms with E-state index < -0.39 is 30.7 Å². The minimum Gasteiger partial charge on any atom is -0.444 e. The third-order valence-electron chi connectivity index (χ3n) is 2.73. The van der Waals surface area contributed by atoms with Gasteiger partial charge in [-0.2, -0.15) is 0 Å². The van der Waals surface area contributed by atoms with Crippen molar-refractivity contribution < 1.29 is 23.0 Å². The number of hydrogen-bond donors (Lipinski definition) is 2. The highest BCUT2D eigenvalue weighted by atomic mass is 19.3. The van der Waals surface area contributed by atoms with E-state index in [9.17, 15) is 13.6 Å². The molecule has 21 heavy (non-hydrogen) atoms. The molecule has 126 valence electrons. The zero-order valence-electron chi connectivity index (χ0n) is 13.8. The van der Waals surface area contributed by atoms with Gasteiger partial charge in [0, 0.05) is 7.11 Å². The number of nitrogens with one attached hydrogen (secondary N) is 2. The number of carbonyl (C=O) groups is 1. The van der Waals surface area contributed by atoms with Crippen molar-refractivity contribution in [2.24, 2.45) is 0 Å². The van der Waals surface area contributed by atoms with E-state index in [1.54, 1.807) is 27.9 Å². The van der Waals surface area contributed by atoms with Crippen LogP contribution in [0.2, 0.25) is 0 Å². The van der Waals surface area contributed by atoms with Crippen molar-refractivity contribution in [2.45, 2.75) is 58.2 Å². The summed E-state index contributed by atoms with van der Waals surface area (Å²) in [7, 11) is 1.58. The molecule has 7 heteroatoms. The molecular weight excluding hydrogens is 282 g/mol. The van der Waals surface area contributed by atoms with Crippen LogP contribution in [0.3, 0.4) is 0 Å². The predicted octanol–water partition coefficient (Wildman–Crippen LogP) is 2.55. The molecule has 0 rings (SSSR count). The highest BCUT2D eigenvalue weighted by Gasteiger charge is 2.30. The van der Waals surface area contributed by atoms with E-state index in [1.807, 2.05) is 13.8 Å². The third kappa shape index (κ3) is 11.4. The van der Waals surface area contributed by atoms with E-state index in [0.717, 1.165) is 0 Å². The Balaban J connectivity index is 3.96. The van der Waals surface area contributed by atoms with Gasteiger partial charge < -0.3 is 20.1 Å². The molecule has 0 aliphatic carbocycles. The fourth-order valence-electron chi connectivity index (χ4n) is 1.34. The fourth-order valence-corrected chi connectivity index (χ4v) is 1.34. The second-order valence-electron chi connectivity index (χ2n) is 6.60. The lowest BCUT2D eigenvalue weighted by Crippen LogP contribution is -2.45. The van der Waals surface area contributed by atoms with Crippen LogP contribution >= 0.6 is 0 Å². The first-order chi connectivity index (χ1) is 9.37. The predicted molar refractivity (Wildman–Crippen MR) is 77.8 cm³/mol. The summed E-state index contributed by atoms with van der Waals surface area (Å²) in [5.74, 6) is -3.03. The molecule has 0 aromatic carbocycles. The summed E-state index contributed by atoms with van der Waals surface area (Å²) in [6.45, 7) is 7.92. The number of hydrogen-bond acceptors (Lipinski definition) is 4. The van der Waals surface area contributed by atoms with Crippen molar-refractivity contribution in [3.8, 4) is 0 Å². The number of amides is 1. The normalized spacial score (nSPS) is 13.1. The van der Waals surface area contributed by atoms with Crippen molar-refractivity contribution in [3.05, 3.63) is 0 Å². The van der Waals surface area contributed by atoms with Crippen molar-refractivity contribution in [2.75, 3.05) is 26.7 Å². The first-order valence-electron chi connectivity index (χ1n) is 6.97. The summed E-state index contributed by atoms with van der Waals surface area (Å²) < 4.78 is 37.2. The van der Waals surface area contributed by atoms with Gasteiger partial charge >= 0.3 is 6.09 Å². The second kappa shape index (κ2) is 7.89. The average molecular weight is 310 g/mol. The van der Waals surface area contributed by atoms with Gasteiger partial charge in [-0.3, -0.25) is 0 Å². The van der Waals surface area contributed by atoms with Crippen molar-refractivity contribution in [3.63, 3.8) is 0 Å². The van der Waals surface area contributed by atoms with Crippen LogP contribution < -0.4 is 10.6 Å². The highest BCUT2D eigenvalue weighted by molar-refractivity contribution is 5.67. The summed E-state index contributed by atoms with van der Waals surface area (Å²) in [4.78, 5) is 11.3. The lowest BCUT2D eigenvalue weighted by Gasteiger charge is -2.24. The summed E-state index contributed by atoms with van der Waals surface area (Å²) in [5.41, 5.74) is -1.06. The Morgan fingerprint density at radius 3 is 2.14 bits per heavy atom. The topological polar surface area (TPSA) is 59.6 Å². The van der Waals surface area contributed by atoms with Crippen molar-refractivity contribution >= 4 is 6.09 Å². The third-order valence-corrected chi connectivity index (χ3v) is 2.73. The molecule has 0 atom stereocenters. The van der Waals surface area contributed by atoms with Gasteiger partial charge in [0.05, 0.1) is 18.7 Å². The minimum absolute atomic E-state index is 0.350. The smallest absolute Gasteiger partial charge is 0.407 e. The van der Waals surface area contributed by atoms with E-state index in [4.69, 9.17) is 9.47 Å². The number of ether oxygens (including phenoxy) is 2. The Hall–Kier alpha value is -0.950. The molecule has 1 amide bonds. The molecule has 0 aromatic rings. The van der Waals surface area contributed by atoms with E-state index in [-0.39, 0.29) is 5.60 Å². The zero-order chi connectivity index (χ0) is 16.7. The molecule has 0 unspecified atom stereocenters. The van der Waals surface area contributed by atoms with Crippen LogP contribution in [0, 0.1) is 0 Å².